The van der Waals surface area contributed by atoms with E-state index in [2.05, 4.69) is 4.99 Å². The van der Waals surface area contributed by atoms with E-state index >= 15 is 0 Å². The van der Waals surface area contributed by atoms with Gasteiger partial charge in [-0.25, -0.2) is 8.42 Å². The Hall–Kier alpha value is -3.38. The molecule has 0 aliphatic rings. The molecule has 0 spiro atoms. The van der Waals surface area contributed by atoms with E-state index in [1.54, 1.807) is 12.1 Å². The van der Waals surface area contributed by atoms with Crippen LogP contribution >= 0.6 is 11.3 Å². The Kier molecular flexibility index (Phi) is 7.39. The number of hydrogen-bond donors (Lipinski definition) is 0. The molecule has 33 heavy (non-hydrogen) atoms. The normalized spacial score (nSPS) is 11.9. The van der Waals surface area contributed by atoms with Crippen molar-refractivity contribution in [2.75, 3.05) is 34.2 Å². The molecule has 1 heterocycles. The molecular formula is C21H22N2O8S2. The fourth-order valence-corrected chi connectivity index (χ4v) is 5.16. The molecule has 0 radical (unpaired) electrons. The highest BCUT2D eigenvalue weighted by Gasteiger charge is 2.21. The van der Waals surface area contributed by atoms with Gasteiger partial charge in [-0.1, -0.05) is 11.3 Å². The van der Waals surface area contributed by atoms with E-state index in [-0.39, 0.29) is 16.2 Å². The van der Waals surface area contributed by atoms with Crippen molar-refractivity contribution in [3.8, 4) is 17.2 Å². The minimum atomic E-state index is -3.93. The Morgan fingerprint density at radius 2 is 1.61 bits per heavy atom. The first kappa shape index (κ1) is 24.3. The van der Waals surface area contributed by atoms with Crippen LogP contribution in [0, 0.1) is 0 Å². The topological polar surface area (TPSA) is 122 Å². The lowest BCUT2D eigenvalue weighted by molar-refractivity contribution is -0.141. The predicted molar refractivity (Wildman–Crippen MR) is 121 cm³/mol. The van der Waals surface area contributed by atoms with Crippen molar-refractivity contribution >= 4 is 43.3 Å². The van der Waals surface area contributed by atoms with Crippen LogP contribution in [0.1, 0.15) is 0 Å². The van der Waals surface area contributed by atoms with Crippen LogP contribution in [0.15, 0.2) is 46.3 Å². The van der Waals surface area contributed by atoms with Crippen LogP contribution in [0.2, 0.25) is 0 Å². The average molecular weight is 495 g/mol. The molecule has 0 bridgehead atoms. The van der Waals surface area contributed by atoms with Gasteiger partial charge in [-0.3, -0.25) is 9.59 Å². The van der Waals surface area contributed by atoms with E-state index in [1.807, 2.05) is 0 Å². The first-order valence-electron chi connectivity index (χ1n) is 9.49. The SMILES string of the molecule is COC(=O)Cn1c(=NC(=O)CS(=O)(=O)c2ccc(OC)cc2)sc2cc(OC)c(OC)cc21. The molecule has 0 N–H and O–H groups in total. The third-order valence-electron chi connectivity index (χ3n) is 4.66. The predicted octanol–water partition coefficient (Wildman–Crippen LogP) is 1.80. The largest absolute Gasteiger partial charge is 0.497 e. The summed E-state index contributed by atoms with van der Waals surface area (Å²) in [4.78, 5) is 28.7. The van der Waals surface area contributed by atoms with E-state index in [0.717, 1.165) is 11.3 Å². The molecular weight excluding hydrogens is 472 g/mol. The maximum Gasteiger partial charge on any atom is 0.325 e. The van der Waals surface area contributed by atoms with Gasteiger partial charge in [0.25, 0.3) is 5.91 Å². The van der Waals surface area contributed by atoms with Gasteiger partial charge in [0.15, 0.2) is 26.1 Å². The van der Waals surface area contributed by atoms with E-state index in [0.29, 0.717) is 27.5 Å². The van der Waals surface area contributed by atoms with E-state index < -0.39 is 27.5 Å². The summed E-state index contributed by atoms with van der Waals surface area (Å²) in [7, 11) is 1.73. The maximum absolute atomic E-state index is 12.6. The fourth-order valence-electron chi connectivity index (χ4n) is 3.00. The zero-order chi connectivity index (χ0) is 24.2. The van der Waals surface area contributed by atoms with Crippen molar-refractivity contribution in [2.24, 2.45) is 4.99 Å². The minimum Gasteiger partial charge on any atom is -0.497 e. The third kappa shape index (κ3) is 5.34. The molecule has 3 aromatic rings. The summed E-state index contributed by atoms with van der Waals surface area (Å²) < 4.78 is 47.8. The van der Waals surface area contributed by atoms with Crippen molar-refractivity contribution in [3.63, 3.8) is 0 Å². The Labute approximate surface area is 193 Å². The summed E-state index contributed by atoms with van der Waals surface area (Å²) in [5, 5.41) is 0. The summed E-state index contributed by atoms with van der Waals surface area (Å²) in [5.74, 6) is -0.916. The van der Waals surface area contributed by atoms with Gasteiger partial charge in [-0.05, 0) is 24.3 Å². The summed E-state index contributed by atoms with van der Waals surface area (Å²) in [6.07, 6.45) is 0. The Balaban J connectivity index is 2.04. The van der Waals surface area contributed by atoms with Crippen LogP contribution in [0.25, 0.3) is 10.2 Å². The molecule has 0 unspecified atom stereocenters. The summed E-state index contributed by atoms with van der Waals surface area (Å²) >= 11 is 1.10. The highest BCUT2D eigenvalue weighted by Crippen LogP contribution is 2.33. The van der Waals surface area contributed by atoms with Crippen LogP contribution in [0.5, 0.6) is 17.2 Å². The van der Waals surface area contributed by atoms with Gasteiger partial charge in [0.2, 0.25) is 0 Å². The molecule has 2 aromatic carbocycles. The first-order valence-corrected chi connectivity index (χ1v) is 12.0. The molecule has 0 fully saturated rings. The van der Waals surface area contributed by atoms with Gasteiger partial charge in [0.05, 0.1) is 43.6 Å². The maximum atomic E-state index is 12.6. The monoisotopic (exact) mass is 494 g/mol. The number of sulfone groups is 1. The van der Waals surface area contributed by atoms with Gasteiger partial charge in [-0.2, -0.15) is 4.99 Å². The summed E-state index contributed by atoms with van der Waals surface area (Å²) in [6.45, 7) is -0.233. The van der Waals surface area contributed by atoms with Gasteiger partial charge in [0.1, 0.15) is 18.0 Å². The number of ether oxygens (including phenoxy) is 4. The average Bonchev–Trinajstić information content (AvgIpc) is 3.12. The highest BCUT2D eigenvalue weighted by molar-refractivity contribution is 7.92. The number of benzene rings is 2. The second-order valence-corrected chi connectivity index (χ2v) is 9.66. The lowest BCUT2D eigenvalue weighted by atomic mass is 10.3. The molecule has 10 nitrogen and oxygen atoms in total. The first-order chi connectivity index (χ1) is 15.7. The minimum absolute atomic E-state index is 0.0277. The number of fused-ring (bicyclic) bond motifs is 1. The Morgan fingerprint density at radius 3 is 2.18 bits per heavy atom. The molecule has 0 aliphatic carbocycles. The number of carbonyl (C=O) groups excluding carboxylic acids is 2. The molecule has 1 aromatic heterocycles. The zero-order valence-electron chi connectivity index (χ0n) is 18.4. The van der Waals surface area contributed by atoms with Gasteiger partial charge >= 0.3 is 5.97 Å². The van der Waals surface area contributed by atoms with Crippen LogP contribution in [-0.4, -0.2) is 59.1 Å². The van der Waals surface area contributed by atoms with E-state index in [9.17, 15) is 18.0 Å². The number of esters is 1. The Morgan fingerprint density at radius 1 is 0.970 bits per heavy atom. The van der Waals surface area contributed by atoms with Crippen molar-refractivity contribution in [1.82, 2.24) is 4.57 Å². The van der Waals surface area contributed by atoms with Crippen molar-refractivity contribution in [2.45, 2.75) is 11.4 Å². The van der Waals surface area contributed by atoms with Gasteiger partial charge in [0, 0.05) is 12.1 Å². The van der Waals surface area contributed by atoms with Crippen LogP contribution in [0.3, 0.4) is 0 Å². The molecule has 0 saturated carbocycles. The fraction of sp³-hybridized carbons (Fsp3) is 0.286. The van der Waals surface area contributed by atoms with Crippen LogP contribution < -0.4 is 19.0 Å². The highest BCUT2D eigenvalue weighted by atomic mass is 32.2. The number of rotatable bonds is 8. The molecule has 12 heteroatoms. The number of nitrogens with zero attached hydrogens (tertiary/aromatic N) is 2. The second kappa shape index (κ2) is 10.0. The van der Waals surface area contributed by atoms with Crippen LogP contribution in [0.4, 0.5) is 0 Å². The number of thiazole rings is 1. The second-order valence-electron chi connectivity index (χ2n) is 6.66. The summed E-state index contributed by atoms with van der Waals surface area (Å²) in [6, 6.07) is 9.03. The summed E-state index contributed by atoms with van der Waals surface area (Å²) in [5.41, 5.74) is 0.549. The zero-order valence-corrected chi connectivity index (χ0v) is 20.0. The van der Waals surface area contributed by atoms with Gasteiger partial charge < -0.3 is 23.5 Å². The molecule has 3 rings (SSSR count). The molecule has 0 atom stereocenters. The Bertz CT molecular complexity index is 1360. The molecule has 176 valence electrons. The van der Waals surface area contributed by atoms with Crippen molar-refractivity contribution in [1.29, 1.82) is 0 Å². The lowest BCUT2D eigenvalue weighted by Gasteiger charge is -2.09. The molecule has 1 amide bonds. The van der Waals surface area contributed by atoms with E-state index in [4.69, 9.17) is 18.9 Å². The van der Waals surface area contributed by atoms with E-state index in [1.165, 1.54) is 57.3 Å². The number of hydrogen-bond acceptors (Lipinski definition) is 9. The number of methoxy groups -OCH3 is 4. The van der Waals surface area contributed by atoms with Crippen LogP contribution in [-0.2, 0) is 30.7 Å². The lowest BCUT2D eigenvalue weighted by Crippen LogP contribution is -2.24. The van der Waals surface area contributed by atoms with Crippen molar-refractivity contribution < 1.29 is 37.0 Å². The standard InChI is InChI=1S/C21H22N2O8S2/c1-28-13-5-7-14(8-6-13)33(26,27)12-19(24)22-21-23(11-20(25)31-4)15-9-16(29-2)17(30-3)10-18(15)32-21/h5-10H,11-12H2,1-4H3. The van der Waals surface area contributed by atoms with Gasteiger partial charge in [-0.15, -0.1) is 0 Å². The number of carbonyl (C=O) groups is 2. The molecule has 0 saturated heterocycles. The quantitative estimate of drug-likeness (QED) is 0.435. The number of aromatic nitrogens is 1. The smallest absolute Gasteiger partial charge is 0.325 e. The third-order valence-corrected chi connectivity index (χ3v) is 7.31. The molecule has 0 aliphatic heterocycles. The van der Waals surface area contributed by atoms with Crippen molar-refractivity contribution in [3.05, 3.63) is 41.2 Å². The number of amides is 1.